The van der Waals surface area contributed by atoms with Gasteiger partial charge in [0.15, 0.2) is 6.10 Å². The first-order valence-electron chi connectivity index (χ1n) is 8.06. The highest BCUT2D eigenvalue weighted by Crippen LogP contribution is 2.33. The number of rotatable bonds is 2. The molecule has 2 aromatic heterocycles. The number of benzene rings is 1. The van der Waals surface area contributed by atoms with Crippen LogP contribution in [0.3, 0.4) is 0 Å². The molecule has 0 unspecified atom stereocenters. The summed E-state index contributed by atoms with van der Waals surface area (Å²) < 4.78 is 7.22. The normalized spacial score (nSPS) is 16.1. The van der Waals surface area contributed by atoms with E-state index in [4.69, 9.17) is 4.74 Å². The number of aromatic nitrogens is 4. The molecule has 0 aliphatic carbocycles. The van der Waals surface area contributed by atoms with Gasteiger partial charge in [0.2, 0.25) is 5.82 Å². The number of aryl methyl sites for hydroxylation is 1. The van der Waals surface area contributed by atoms with Crippen molar-refractivity contribution in [1.82, 2.24) is 24.9 Å². The van der Waals surface area contributed by atoms with E-state index in [1.165, 1.54) is 16.5 Å². The average molecular weight is 352 g/mol. The van der Waals surface area contributed by atoms with Crippen molar-refractivity contribution in [2.45, 2.75) is 13.0 Å². The molecule has 3 aromatic rings. The van der Waals surface area contributed by atoms with Crippen LogP contribution in [0.5, 0.6) is 5.75 Å². The molecule has 2 amide bonds. The molecule has 0 saturated heterocycles. The zero-order valence-corrected chi connectivity index (χ0v) is 14.2. The van der Waals surface area contributed by atoms with Crippen LogP contribution < -0.4 is 15.0 Å². The van der Waals surface area contributed by atoms with E-state index in [0.29, 0.717) is 17.2 Å². The number of hydrogen-bond donors (Lipinski definition) is 1. The van der Waals surface area contributed by atoms with E-state index >= 15 is 0 Å². The third-order valence-electron chi connectivity index (χ3n) is 4.18. The first-order chi connectivity index (χ1) is 12.6. The molecule has 1 aliphatic heterocycles. The molecule has 1 aliphatic rings. The highest BCUT2D eigenvalue weighted by molar-refractivity contribution is 6.05. The third kappa shape index (κ3) is 2.53. The smallest absolute Gasteiger partial charge is 0.298 e. The fourth-order valence-corrected chi connectivity index (χ4v) is 2.84. The maximum absolute atomic E-state index is 13.1. The predicted octanol–water partition coefficient (Wildman–Crippen LogP) is 0.587. The predicted molar refractivity (Wildman–Crippen MR) is 92.1 cm³/mol. The molecule has 3 heterocycles. The molecule has 4 rings (SSSR count). The van der Waals surface area contributed by atoms with E-state index in [2.05, 4.69) is 20.4 Å². The number of nitrogens with zero attached hydrogens (tertiary/aromatic N) is 5. The van der Waals surface area contributed by atoms with Crippen molar-refractivity contribution in [3.63, 3.8) is 0 Å². The van der Waals surface area contributed by atoms with Crippen molar-refractivity contribution in [2.24, 2.45) is 0 Å². The van der Waals surface area contributed by atoms with Crippen molar-refractivity contribution in [3.05, 3.63) is 48.0 Å². The summed E-state index contributed by atoms with van der Waals surface area (Å²) in [5, 5.41) is 6.81. The Kier molecular flexibility index (Phi) is 3.76. The van der Waals surface area contributed by atoms with Gasteiger partial charge in [-0.25, -0.2) is 9.50 Å². The molecule has 1 N–H and O–H groups in total. The van der Waals surface area contributed by atoms with Gasteiger partial charge in [0.05, 0.1) is 12.2 Å². The number of nitrogens with one attached hydrogen (secondary N) is 1. The first-order valence-corrected chi connectivity index (χ1v) is 8.06. The Balaban J connectivity index is 1.75. The van der Waals surface area contributed by atoms with E-state index in [1.807, 2.05) is 6.92 Å². The lowest BCUT2D eigenvalue weighted by molar-refractivity contribution is -0.127. The van der Waals surface area contributed by atoms with Gasteiger partial charge in [0.25, 0.3) is 17.6 Å². The molecule has 0 bridgehead atoms. The van der Waals surface area contributed by atoms with Crippen LogP contribution in [0.15, 0.2) is 36.5 Å². The molecule has 0 fully saturated rings. The summed E-state index contributed by atoms with van der Waals surface area (Å²) in [4.78, 5) is 34.9. The second-order valence-electron chi connectivity index (χ2n) is 5.84. The zero-order valence-electron chi connectivity index (χ0n) is 14.2. The van der Waals surface area contributed by atoms with Gasteiger partial charge < -0.3 is 10.1 Å². The second-order valence-corrected chi connectivity index (χ2v) is 5.84. The summed E-state index contributed by atoms with van der Waals surface area (Å²) in [5.41, 5.74) is 1.38. The van der Waals surface area contributed by atoms with E-state index in [0.717, 1.165) is 5.69 Å². The Morgan fingerprint density at radius 1 is 1.27 bits per heavy atom. The third-order valence-corrected chi connectivity index (χ3v) is 4.18. The topological polar surface area (TPSA) is 102 Å². The summed E-state index contributed by atoms with van der Waals surface area (Å²) in [6, 6.07) is 8.83. The van der Waals surface area contributed by atoms with Crippen molar-refractivity contribution in [3.8, 4) is 5.75 Å². The average Bonchev–Trinajstić information content (AvgIpc) is 3.11. The molecule has 0 spiro atoms. The summed E-state index contributed by atoms with van der Waals surface area (Å²) in [6.07, 6.45) is 0.801. The minimum atomic E-state index is -0.809. The van der Waals surface area contributed by atoms with Crippen LogP contribution in [0, 0.1) is 6.92 Å². The van der Waals surface area contributed by atoms with Gasteiger partial charge in [0, 0.05) is 18.9 Å². The Bertz CT molecular complexity index is 1010. The first kappa shape index (κ1) is 16.0. The number of anilines is 1. The van der Waals surface area contributed by atoms with Gasteiger partial charge in [-0.05, 0) is 25.1 Å². The Hall–Kier alpha value is -3.49. The highest BCUT2D eigenvalue weighted by atomic mass is 16.5. The number of para-hydroxylation sites is 2. The van der Waals surface area contributed by atoms with Crippen molar-refractivity contribution in [1.29, 1.82) is 0 Å². The molecule has 26 heavy (non-hydrogen) atoms. The Morgan fingerprint density at radius 3 is 2.85 bits per heavy atom. The number of carbonyl (C=O) groups excluding carboxylic acids is 2. The van der Waals surface area contributed by atoms with Crippen LogP contribution in [0.4, 0.5) is 5.69 Å². The van der Waals surface area contributed by atoms with Crippen LogP contribution >= 0.6 is 0 Å². The van der Waals surface area contributed by atoms with E-state index in [9.17, 15) is 9.59 Å². The minimum absolute atomic E-state index is 0.0131. The quantitative estimate of drug-likeness (QED) is 0.724. The molecular weight excluding hydrogens is 336 g/mol. The molecule has 1 aromatic carbocycles. The van der Waals surface area contributed by atoms with Crippen LogP contribution in [0.2, 0.25) is 0 Å². The Morgan fingerprint density at radius 2 is 2.08 bits per heavy atom. The van der Waals surface area contributed by atoms with Gasteiger partial charge >= 0.3 is 0 Å². The van der Waals surface area contributed by atoms with Crippen molar-refractivity contribution >= 4 is 23.3 Å². The van der Waals surface area contributed by atoms with Gasteiger partial charge in [-0.2, -0.15) is 4.98 Å². The van der Waals surface area contributed by atoms with Gasteiger partial charge in [-0.1, -0.05) is 12.1 Å². The molecule has 0 saturated carbocycles. The van der Waals surface area contributed by atoms with Crippen LogP contribution in [-0.4, -0.2) is 51.1 Å². The number of carbonyl (C=O) groups is 2. The highest BCUT2D eigenvalue weighted by Gasteiger charge is 2.35. The molecule has 0 radical (unpaired) electrons. The molecular formula is C17H16N6O3. The van der Waals surface area contributed by atoms with Crippen molar-refractivity contribution in [2.75, 3.05) is 18.5 Å². The SMILES string of the molecule is CNC(=O)[C@H]1CN(C(=O)c2nc3nccc(C)n3n2)c2ccccc2O1. The lowest BCUT2D eigenvalue weighted by Gasteiger charge is -2.33. The van der Waals surface area contributed by atoms with Crippen LogP contribution in [0.1, 0.15) is 16.3 Å². The molecule has 1 atom stereocenters. The zero-order chi connectivity index (χ0) is 18.3. The van der Waals surface area contributed by atoms with E-state index < -0.39 is 12.0 Å². The number of likely N-dealkylation sites (N-methyl/N-ethyl adjacent to an activating group) is 1. The largest absolute Gasteiger partial charge is 0.477 e. The lowest BCUT2D eigenvalue weighted by Crippen LogP contribution is -2.50. The molecule has 9 heteroatoms. The fraction of sp³-hybridized carbons (Fsp3) is 0.235. The van der Waals surface area contributed by atoms with Crippen LogP contribution in [0.25, 0.3) is 5.78 Å². The molecule has 9 nitrogen and oxygen atoms in total. The monoisotopic (exact) mass is 352 g/mol. The Labute approximate surface area is 148 Å². The maximum atomic E-state index is 13.1. The lowest BCUT2D eigenvalue weighted by atomic mass is 10.1. The van der Waals surface area contributed by atoms with Gasteiger partial charge in [-0.3, -0.25) is 14.5 Å². The van der Waals surface area contributed by atoms with E-state index in [1.54, 1.807) is 36.5 Å². The minimum Gasteiger partial charge on any atom is -0.477 e. The number of hydrogen-bond acceptors (Lipinski definition) is 6. The summed E-state index contributed by atoms with van der Waals surface area (Å²) >= 11 is 0. The van der Waals surface area contributed by atoms with Crippen LogP contribution in [-0.2, 0) is 4.79 Å². The second kappa shape index (κ2) is 6.10. The fourth-order valence-electron chi connectivity index (χ4n) is 2.84. The number of ether oxygens (including phenoxy) is 1. The summed E-state index contributed by atoms with van der Waals surface area (Å²) in [7, 11) is 1.52. The maximum Gasteiger partial charge on any atom is 0.298 e. The standard InChI is InChI=1S/C17H16N6O3/c1-10-7-8-19-17-20-14(21-23(10)17)16(25)22-9-13(15(24)18-2)26-12-6-4-3-5-11(12)22/h3-8,13H,9H2,1-2H3,(H,18,24)/t13-/m1/s1. The van der Waals surface area contributed by atoms with Crippen molar-refractivity contribution < 1.29 is 14.3 Å². The summed E-state index contributed by atoms with van der Waals surface area (Å²) in [6.45, 7) is 1.92. The number of amides is 2. The van der Waals surface area contributed by atoms with E-state index in [-0.39, 0.29) is 18.3 Å². The molecule has 132 valence electrons. The van der Waals surface area contributed by atoms with Gasteiger partial charge in [0.1, 0.15) is 5.75 Å². The summed E-state index contributed by atoms with van der Waals surface area (Å²) in [5.74, 6) is 0.0907. The number of fused-ring (bicyclic) bond motifs is 2. The van der Waals surface area contributed by atoms with Gasteiger partial charge in [-0.15, -0.1) is 5.10 Å².